The van der Waals surface area contributed by atoms with Crippen molar-refractivity contribution in [3.8, 4) is 0 Å². The van der Waals surface area contributed by atoms with E-state index >= 15 is 0 Å². The number of aromatic nitrogens is 2. The highest BCUT2D eigenvalue weighted by molar-refractivity contribution is 5.87. The van der Waals surface area contributed by atoms with E-state index in [0.717, 1.165) is 31.7 Å². The van der Waals surface area contributed by atoms with Gasteiger partial charge in [-0.05, 0) is 25.8 Å². The molecule has 1 fully saturated rings. The minimum Gasteiger partial charge on any atom is -0.381 e. The van der Waals surface area contributed by atoms with Crippen LogP contribution in [0.4, 0.5) is 10.7 Å². The van der Waals surface area contributed by atoms with E-state index in [4.69, 9.17) is 4.74 Å². The van der Waals surface area contributed by atoms with Crippen molar-refractivity contribution in [3.05, 3.63) is 18.0 Å². The third-order valence-electron chi connectivity index (χ3n) is 3.15. The van der Waals surface area contributed by atoms with E-state index < -0.39 is 0 Å². The molecule has 1 aliphatic heterocycles. The molecular weight excluding hydrogens is 244 g/mol. The molecule has 1 saturated heterocycles. The molecule has 6 heteroatoms. The third kappa shape index (κ3) is 4.17. The number of rotatable bonds is 3. The zero-order valence-electron chi connectivity index (χ0n) is 11.4. The Hall–Kier alpha value is -1.69. The first-order valence-corrected chi connectivity index (χ1v) is 6.54. The molecule has 1 aromatic heterocycles. The minimum atomic E-state index is -0.184. The number of hydrogen-bond donors (Lipinski definition) is 1. The Morgan fingerprint density at radius 2 is 2.47 bits per heavy atom. The summed E-state index contributed by atoms with van der Waals surface area (Å²) in [7, 11) is 1.78. The summed E-state index contributed by atoms with van der Waals surface area (Å²) in [5, 5.41) is 2.70. The van der Waals surface area contributed by atoms with Crippen molar-refractivity contribution in [2.75, 3.05) is 32.1 Å². The minimum absolute atomic E-state index is 0.184. The molecule has 1 aliphatic rings. The summed E-state index contributed by atoms with van der Waals surface area (Å²) in [6, 6.07) is 1.61. The quantitative estimate of drug-likeness (QED) is 0.902. The number of hydrogen-bond acceptors (Lipinski definition) is 4. The number of aryl methyl sites for hydroxylation is 1. The molecule has 6 nitrogen and oxygen atoms in total. The molecule has 0 aromatic carbocycles. The van der Waals surface area contributed by atoms with Gasteiger partial charge in [0.15, 0.2) is 0 Å². The number of anilines is 1. The predicted molar refractivity (Wildman–Crippen MR) is 72.0 cm³/mol. The van der Waals surface area contributed by atoms with Crippen LogP contribution in [0, 0.1) is 12.8 Å². The number of carbonyl (C=O) groups excluding carboxylic acids is 1. The molecule has 0 radical (unpaired) electrons. The van der Waals surface area contributed by atoms with Crippen LogP contribution in [0.5, 0.6) is 0 Å². The summed E-state index contributed by atoms with van der Waals surface area (Å²) < 4.78 is 5.41. The summed E-state index contributed by atoms with van der Waals surface area (Å²) in [5.74, 6) is 0.764. The van der Waals surface area contributed by atoms with Gasteiger partial charge in [0.25, 0.3) is 0 Å². The number of carbonyl (C=O) groups is 1. The molecule has 0 spiro atoms. The molecule has 2 rings (SSSR count). The molecule has 1 aromatic rings. The van der Waals surface area contributed by atoms with Crippen molar-refractivity contribution >= 4 is 12.0 Å². The largest absolute Gasteiger partial charge is 0.381 e. The normalized spacial score (nSPS) is 18.9. The van der Waals surface area contributed by atoms with E-state index in [9.17, 15) is 4.79 Å². The van der Waals surface area contributed by atoms with Crippen LogP contribution in [0.3, 0.4) is 0 Å². The molecule has 2 amide bonds. The van der Waals surface area contributed by atoms with Crippen LogP contribution in [0.15, 0.2) is 12.3 Å². The molecule has 0 saturated carbocycles. The average Bonchev–Trinajstić information content (AvgIpc) is 2.40. The molecule has 2 heterocycles. The Balaban J connectivity index is 1.84. The number of nitrogens with zero attached hydrogens (tertiary/aromatic N) is 3. The second kappa shape index (κ2) is 6.47. The van der Waals surface area contributed by atoms with Gasteiger partial charge >= 0.3 is 6.03 Å². The smallest absolute Gasteiger partial charge is 0.323 e. The second-order valence-electron chi connectivity index (χ2n) is 4.92. The first-order valence-electron chi connectivity index (χ1n) is 6.54. The lowest BCUT2D eigenvalue weighted by atomic mass is 10.0. The lowest BCUT2D eigenvalue weighted by Gasteiger charge is -2.27. The summed E-state index contributed by atoms with van der Waals surface area (Å²) >= 11 is 0. The maximum atomic E-state index is 12.0. The first-order chi connectivity index (χ1) is 9.15. The molecule has 1 unspecified atom stereocenters. The van der Waals surface area contributed by atoms with Gasteiger partial charge in [-0.3, -0.25) is 5.32 Å². The number of amides is 2. The van der Waals surface area contributed by atoms with Gasteiger partial charge in [0.05, 0.1) is 6.61 Å². The van der Waals surface area contributed by atoms with Crippen LogP contribution in [0.2, 0.25) is 0 Å². The van der Waals surface area contributed by atoms with Gasteiger partial charge in [-0.25, -0.2) is 14.8 Å². The molecule has 1 atom stereocenters. The van der Waals surface area contributed by atoms with Gasteiger partial charge in [0.1, 0.15) is 0 Å². The van der Waals surface area contributed by atoms with Crippen molar-refractivity contribution < 1.29 is 9.53 Å². The monoisotopic (exact) mass is 264 g/mol. The van der Waals surface area contributed by atoms with Gasteiger partial charge in [-0.2, -0.15) is 0 Å². The van der Waals surface area contributed by atoms with E-state index in [2.05, 4.69) is 15.3 Å². The van der Waals surface area contributed by atoms with Crippen molar-refractivity contribution in [2.45, 2.75) is 19.8 Å². The van der Waals surface area contributed by atoms with Crippen LogP contribution in [-0.4, -0.2) is 47.7 Å². The van der Waals surface area contributed by atoms with Crippen LogP contribution in [0.25, 0.3) is 0 Å². The second-order valence-corrected chi connectivity index (χ2v) is 4.92. The predicted octanol–water partition coefficient (Wildman–Crippen LogP) is 1.68. The summed E-state index contributed by atoms with van der Waals surface area (Å²) in [5.41, 5.74) is 0.827. The SMILES string of the molecule is Cc1ccnc(NC(=O)N(C)CC2CCCOC2)n1. The summed E-state index contributed by atoms with van der Waals surface area (Å²) in [6.45, 7) is 4.13. The van der Waals surface area contributed by atoms with E-state index in [-0.39, 0.29) is 6.03 Å². The number of nitrogens with one attached hydrogen (secondary N) is 1. The van der Waals surface area contributed by atoms with Gasteiger partial charge in [0, 0.05) is 38.0 Å². The Kier molecular flexibility index (Phi) is 4.68. The molecule has 19 heavy (non-hydrogen) atoms. The fraction of sp³-hybridized carbons (Fsp3) is 0.615. The van der Waals surface area contributed by atoms with E-state index in [1.54, 1.807) is 24.2 Å². The average molecular weight is 264 g/mol. The molecule has 0 bridgehead atoms. The van der Waals surface area contributed by atoms with Crippen LogP contribution >= 0.6 is 0 Å². The van der Waals surface area contributed by atoms with Crippen molar-refractivity contribution in [2.24, 2.45) is 5.92 Å². The van der Waals surface area contributed by atoms with E-state index in [0.29, 0.717) is 18.4 Å². The molecule has 0 aliphatic carbocycles. The Bertz CT molecular complexity index is 432. The highest BCUT2D eigenvalue weighted by atomic mass is 16.5. The van der Waals surface area contributed by atoms with Gasteiger partial charge in [0.2, 0.25) is 5.95 Å². The lowest BCUT2D eigenvalue weighted by molar-refractivity contribution is 0.0464. The summed E-state index contributed by atoms with van der Waals surface area (Å²) in [6.07, 6.45) is 3.81. The van der Waals surface area contributed by atoms with Crippen LogP contribution < -0.4 is 5.32 Å². The molecule has 104 valence electrons. The Morgan fingerprint density at radius 1 is 1.63 bits per heavy atom. The molecule has 1 N–H and O–H groups in total. The lowest BCUT2D eigenvalue weighted by Crippen LogP contribution is -2.38. The van der Waals surface area contributed by atoms with Crippen LogP contribution in [-0.2, 0) is 4.74 Å². The maximum Gasteiger partial charge on any atom is 0.323 e. The number of urea groups is 1. The standard InChI is InChI=1S/C13H20N4O2/c1-10-5-6-14-12(15-10)16-13(18)17(2)8-11-4-3-7-19-9-11/h5-6,11H,3-4,7-9H2,1-2H3,(H,14,15,16,18). The zero-order chi connectivity index (χ0) is 13.7. The third-order valence-corrected chi connectivity index (χ3v) is 3.15. The summed E-state index contributed by atoms with van der Waals surface area (Å²) in [4.78, 5) is 21.8. The zero-order valence-corrected chi connectivity index (χ0v) is 11.4. The highest BCUT2D eigenvalue weighted by Crippen LogP contribution is 2.14. The van der Waals surface area contributed by atoms with Crippen LogP contribution in [0.1, 0.15) is 18.5 Å². The number of ether oxygens (including phenoxy) is 1. The van der Waals surface area contributed by atoms with Crippen molar-refractivity contribution in [1.82, 2.24) is 14.9 Å². The fourth-order valence-electron chi connectivity index (χ4n) is 2.12. The van der Waals surface area contributed by atoms with Gasteiger partial charge in [-0.1, -0.05) is 0 Å². The van der Waals surface area contributed by atoms with Crippen molar-refractivity contribution in [3.63, 3.8) is 0 Å². The Morgan fingerprint density at radius 3 is 3.16 bits per heavy atom. The highest BCUT2D eigenvalue weighted by Gasteiger charge is 2.19. The van der Waals surface area contributed by atoms with Gasteiger partial charge in [-0.15, -0.1) is 0 Å². The fourth-order valence-corrected chi connectivity index (χ4v) is 2.12. The Labute approximate surface area is 113 Å². The van der Waals surface area contributed by atoms with Crippen molar-refractivity contribution in [1.29, 1.82) is 0 Å². The topological polar surface area (TPSA) is 67.4 Å². The van der Waals surface area contributed by atoms with E-state index in [1.807, 2.05) is 6.92 Å². The van der Waals surface area contributed by atoms with Gasteiger partial charge < -0.3 is 9.64 Å². The molecular formula is C13H20N4O2. The first kappa shape index (κ1) is 13.7. The maximum absolute atomic E-state index is 12.0. The van der Waals surface area contributed by atoms with E-state index in [1.165, 1.54) is 0 Å².